The molecule has 2 aromatic carbocycles. The predicted molar refractivity (Wildman–Crippen MR) is 116 cm³/mol. The molecule has 1 N–H and O–H groups in total. The monoisotopic (exact) mass is 428 g/mol. The zero-order valence-electron chi connectivity index (χ0n) is 17.7. The van der Waals surface area contributed by atoms with Crippen LogP contribution in [0.3, 0.4) is 0 Å². The molecular weight excluding hydrogens is 402 g/mol. The first-order chi connectivity index (χ1) is 14.8. The van der Waals surface area contributed by atoms with Crippen LogP contribution in [0.2, 0.25) is 0 Å². The molecule has 1 heterocycles. The highest BCUT2D eigenvalue weighted by Gasteiger charge is 2.15. The van der Waals surface area contributed by atoms with Crippen molar-refractivity contribution in [2.24, 2.45) is 0 Å². The lowest BCUT2D eigenvalue weighted by molar-refractivity contribution is -0.137. The van der Waals surface area contributed by atoms with Crippen molar-refractivity contribution in [3.8, 4) is 0 Å². The second-order valence-corrected chi connectivity index (χ2v) is 7.51. The summed E-state index contributed by atoms with van der Waals surface area (Å²) in [4.78, 5) is 26.5. The van der Waals surface area contributed by atoms with Crippen LogP contribution in [0.15, 0.2) is 47.3 Å². The summed E-state index contributed by atoms with van der Waals surface area (Å²) >= 11 is 0. The summed E-state index contributed by atoms with van der Waals surface area (Å²) in [5.41, 5.74) is 1.95. The number of carbonyl (C=O) groups is 1. The van der Waals surface area contributed by atoms with Gasteiger partial charge in [0, 0.05) is 23.7 Å². The molecule has 0 saturated heterocycles. The number of pyridine rings is 1. The maximum atomic E-state index is 14.0. The Morgan fingerprint density at radius 2 is 1.81 bits per heavy atom. The highest BCUT2D eigenvalue weighted by Crippen LogP contribution is 2.20. The summed E-state index contributed by atoms with van der Waals surface area (Å²) in [5, 5.41) is 9.90. The SMILES string of the molecule is CCN(CC)Cc1ccc2c(=O)cc(CCc3cccc(F)c3F)n(CC(=O)O)c2c1. The predicted octanol–water partition coefficient (Wildman–Crippen LogP) is 3.99. The lowest BCUT2D eigenvalue weighted by Gasteiger charge is -2.20. The summed E-state index contributed by atoms with van der Waals surface area (Å²) in [7, 11) is 0. The van der Waals surface area contributed by atoms with Crippen LogP contribution in [-0.4, -0.2) is 33.6 Å². The Bertz CT molecular complexity index is 1150. The van der Waals surface area contributed by atoms with Gasteiger partial charge in [-0.1, -0.05) is 32.0 Å². The molecule has 31 heavy (non-hydrogen) atoms. The van der Waals surface area contributed by atoms with Crippen LogP contribution in [0.1, 0.15) is 30.7 Å². The Hall–Kier alpha value is -3.06. The van der Waals surface area contributed by atoms with Gasteiger partial charge in [-0.3, -0.25) is 14.5 Å². The van der Waals surface area contributed by atoms with E-state index in [1.165, 1.54) is 18.2 Å². The fraction of sp³-hybridized carbons (Fsp3) is 0.333. The van der Waals surface area contributed by atoms with Crippen LogP contribution in [0.25, 0.3) is 10.9 Å². The van der Waals surface area contributed by atoms with Crippen molar-refractivity contribution in [3.63, 3.8) is 0 Å². The van der Waals surface area contributed by atoms with Crippen LogP contribution < -0.4 is 5.43 Å². The molecule has 0 amide bonds. The minimum atomic E-state index is -1.04. The van der Waals surface area contributed by atoms with E-state index in [1.54, 1.807) is 10.6 Å². The van der Waals surface area contributed by atoms with Gasteiger partial charge in [0.15, 0.2) is 17.1 Å². The van der Waals surface area contributed by atoms with Crippen molar-refractivity contribution in [2.75, 3.05) is 13.1 Å². The number of benzene rings is 2. The van der Waals surface area contributed by atoms with E-state index >= 15 is 0 Å². The highest BCUT2D eigenvalue weighted by molar-refractivity contribution is 5.81. The molecule has 0 atom stereocenters. The summed E-state index contributed by atoms with van der Waals surface area (Å²) in [6, 6.07) is 10.8. The Morgan fingerprint density at radius 3 is 2.48 bits per heavy atom. The molecule has 0 spiro atoms. The number of fused-ring (bicyclic) bond motifs is 1. The third-order valence-corrected chi connectivity index (χ3v) is 5.54. The van der Waals surface area contributed by atoms with E-state index in [2.05, 4.69) is 18.7 Å². The van der Waals surface area contributed by atoms with Crippen molar-refractivity contribution < 1.29 is 18.7 Å². The van der Waals surface area contributed by atoms with Crippen LogP contribution in [0.4, 0.5) is 8.78 Å². The number of aryl methyl sites for hydroxylation is 2. The highest BCUT2D eigenvalue weighted by atomic mass is 19.2. The smallest absolute Gasteiger partial charge is 0.323 e. The second kappa shape index (κ2) is 9.83. The van der Waals surface area contributed by atoms with Crippen molar-refractivity contribution >= 4 is 16.9 Å². The van der Waals surface area contributed by atoms with E-state index in [0.29, 0.717) is 23.1 Å². The van der Waals surface area contributed by atoms with E-state index < -0.39 is 17.6 Å². The fourth-order valence-corrected chi connectivity index (χ4v) is 3.81. The zero-order chi connectivity index (χ0) is 22.5. The number of halogens is 2. The second-order valence-electron chi connectivity index (χ2n) is 7.51. The number of nitrogens with zero attached hydrogens (tertiary/aromatic N) is 2. The third-order valence-electron chi connectivity index (χ3n) is 5.54. The molecule has 5 nitrogen and oxygen atoms in total. The van der Waals surface area contributed by atoms with Gasteiger partial charge in [0.1, 0.15) is 6.54 Å². The first kappa shape index (κ1) is 22.6. The van der Waals surface area contributed by atoms with Crippen LogP contribution in [0, 0.1) is 11.6 Å². The summed E-state index contributed by atoms with van der Waals surface area (Å²) in [5.74, 6) is -2.89. The number of aliphatic carboxylic acids is 1. The molecule has 3 aromatic rings. The van der Waals surface area contributed by atoms with E-state index in [9.17, 15) is 23.5 Å². The number of carboxylic acid groups (broad SMARTS) is 1. The molecule has 7 heteroatoms. The first-order valence-electron chi connectivity index (χ1n) is 10.4. The Labute approximate surface area is 179 Å². The van der Waals surface area contributed by atoms with Gasteiger partial charge in [0.05, 0.1) is 5.52 Å². The molecule has 3 rings (SSSR count). The average molecular weight is 428 g/mol. The largest absolute Gasteiger partial charge is 0.480 e. The minimum absolute atomic E-state index is 0.146. The molecule has 0 unspecified atom stereocenters. The van der Waals surface area contributed by atoms with E-state index in [-0.39, 0.29) is 30.4 Å². The van der Waals surface area contributed by atoms with Crippen molar-refractivity contribution in [1.29, 1.82) is 0 Å². The van der Waals surface area contributed by atoms with Gasteiger partial charge in [-0.15, -0.1) is 0 Å². The zero-order valence-corrected chi connectivity index (χ0v) is 17.7. The van der Waals surface area contributed by atoms with E-state index in [0.717, 1.165) is 24.7 Å². The number of hydrogen-bond donors (Lipinski definition) is 1. The molecule has 0 aliphatic rings. The molecule has 1 aromatic heterocycles. The molecule has 0 bridgehead atoms. The number of aromatic nitrogens is 1. The quantitative estimate of drug-likeness (QED) is 0.560. The number of hydrogen-bond acceptors (Lipinski definition) is 3. The molecular formula is C24H26F2N2O3. The van der Waals surface area contributed by atoms with Crippen LogP contribution in [0.5, 0.6) is 0 Å². The maximum Gasteiger partial charge on any atom is 0.323 e. The summed E-state index contributed by atoms with van der Waals surface area (Å²) in [6.07, 6.45) is 0.354. The number of rotatable bonds is 9. The van der Waals surface area contributed by atoms with Gasteiger partial charge in [-0.2, -0.15) is 0 Å². The van der Waals surface area contributed by atoms with Gasteiger partial charge in [-0.25, -0.2) is 8.78 Å². The number of carboxylic acids is 1. The normalized spacial score (nSPS) is 11.4. The third kappa shape index (κ3) is 5.17. The molecule has 0 radical (unpaired) electrons. The fourth-order valence-electron chi connectivity index (χ4n) is 3.81. The van der Waals surface area contributed by atoms with E-state index in [1.807, 2.05) is 12.1 Å². The van der Waals surface area contributed by atoms with E-state index in [4.69, 9.17) is 0 Å². The Morgan fingerprint density at radius 1 is 1.06 bits per heavy atom. The van der Waals surface area contributed by atoms with Crippen molar-refractivity contribution in [2.45, 2.75) is 39.8 Å². The molecule has 164 valence electrons. The van der Waals surface area contributed by atoms with Crippen molar-refractivity contribution in [1.82, 2.24) is 9.47 Å². The average Bonchev–Trinajstić information content (AvgIpc) is 2.75. The van der Waals surface area contributed by atoms with Crippen LogP contribution >= 0.6 is 0 Å². The first-order valence-corrected chi connectivity index (χ1v) is 10.4. The van der Waals surface area contributed by atoms with Gasteiger partial charge < -0.3 is 9.67 Å². The topological polar surface area (TPSA) is 62.5 Å². The lowest BCUT2D eigenvalue weighted by Crippen LogP contribution is -2.23. The van der Waals surface area contributed by atoms with Gasteiger partial charge >= 0.3 is 5.97 Å². The standard InChI is InChI=1S/C24H26F2N2O3/c1-3-27(4-2)14-16-8-11-19-21(12-16)28(15-23(30)31)18(13-22(19)29)10-9-17-6-5-7-20(25)24(17)26/h5-8,11-13H,3-4,9-10,14-15H2,1-2H3,(H,30,31). The van der Waals surface area contributed by atoms with Gasteiger partial charge in [0.2, 0.25) is 0 Å². The summed E-state index contributed by atoms with van der Waals surface area (Å²) in [6.45, 7) is 6.23. The van der Waals surface area contributed by atoms with Gasteiger partial charge in [-0.05, 0) is 55.3 Å². The summed E-state index contributed by atoms with van der Waals surface area (Å²) < 4.78 is 29.2. The Kier molecular flexibility index (Phi) is 7.17. The molecule has 0 aliphatic heterocycles. The van der Waals surface area contributed by atoms with Gasteiger partial charge in [0.25, 0.3) is 0 Å². The maximum absolute atomic E-state index is 14.0. The molecule has 0 aliphatic carbocycles. The lowest BCUT2D eigenvalue weighted by atomic mass is 10.0. The molecule has 0 fully saturated rings. The minimum Gasteiger partial charge on any atom is -0.480 e. The van der Waals surface area contributed by atoms with Crippen LogP contribution in [-0.2, 0) is 30.7 Å². The van der Waals surface area contributed by atoms with Crippen molar-refractivity contribution in [3.05, 3.63) is 81.1 Å². The Balaban J connectivity index is 2.05. The molecule has 0 saturated carbocycles.